The Morgan fingerprint density at radius 3 is 2.83 bits per heavy atom. The molecule has 1 saturated heterocycles. The Balaban J connectivity index is 1.97. The topological polar surface area (TPSA) is 48.7 Å². The molecule has 0 unspecified atom stereocenters. The number of nitrogens with zero attached hydrogens (tertiary/aromatic N) is 3. The van der Waals surface area contributed by atoms with Crippen molar-refractivity contribution >= 4 is 22.6 Å². The summed E-state index contributed by atoms with van der Waals surface area (Å²) >= 11 is 1.54. The summed E-state index contributed by atoms with van der Waals surface area (Å²) in [5.74, 6) is 0.531. The maximum absolute atomic E-state index is 11.3. The molecule has 1 aromatic carbocycles. The van der Waals surface area contributed by atoms with Crippen LogP contribution in [-0.2, 0) is 5.72 Å². The number of aromatic nitrogens is 1. The van der Waals surface area contributed by atoms with E-state index in [1.54, 1.807) is 30.2 Å². The molecule has 1 aliphatic heterocycles. The van der Waals surface area contributed by atoms with Crippen molar-refractivity contribution < 1.29 is 5.11 Å². The lowest BCUT2D eigenvalue weighted by molar-refractivity contribution is -0.0422. The molecule has 1 fully saturated rings. The van der Waals surface area contributed by atoms with Gasteiger partial charge >= 0.3 is 0 Å². The summed E-state index contributed by atoms with van der Waals surface area (Å²) in [6.45, 7) is 6.37. The first-order valence-electron chi connectivity index (χ1n) is 7.43. The summed E-state index contributed by atoms with van der Waals surface area (Å²) in [7, 11) is 0. The monoisotopic (exact) mass is 325 g/mol. The third-order valence-electron chi connectivity index (χ3n) is 3.78. The highest BCUT2D eigenvalue weighted by molar-refractivity contribution is 8.14. The van der Waals surface area contributed by atoms with E-state index >= 15 is 0 Å². The molecule has 0 aliphatic carbocycles. The van der Waals surface area contributed by atoms with E-state index in [1.807, 2.05) is 48.2 Å². The van der Waals surface area contributed by atoms with Crippen molar-refractivity contribution in [2.75, 3.05) is 12.3 Å². The number of benzene rings is 1. The second-order valence-corrected chi connectivity index (χ2v) is 6.42. The molecule has 1 atom stereocenters. The number of amidine groups is 1. The van der Waals surface area contributed by atoms with Crippen molar-refractivity contribution in [1.29, 1.82) is 0 Å². The van der Waals surface area contributed by atoms with Gasteiger partial charge in [0.2, 0.25) is 0 Å². The molecule has 1 aliphatic rings. The molecule has 0 spiro atoms. The van der Waals surface area contributed by atoms with Crippen molar-refractivity contribution in [1.82, 2.24) is 9.88 Å². The Morgan fingerprint density at radius 1 is 1.39 bits per heavy atom. The molecule has 0 saturated carbocycles. The lowest BCUT2D eigenvalue weighted by Crippen LogP contribution is -2.45. The van der Waals surface area contributed by atoms with Gasteiger partial charge in [-0.2, -0.15) is 0 Å². The van der Waals surface area contributed by atoms with Crippen molar-refractivity contribution in [3.05, 3.63) is 72.6 Å². The van der Waals surface area contributed by atoms with Gasteiger partial charge in [0.15, 0.2) is 10.9 Å². The molecule has 2 aromatic rings. The molecule has 1 aromatic heterocycles. The summed E-state index contributed by atoms with van der Waals surface area (Å²) in [6.07, 6.45) is 5.21. The van der Waals surface area contributed by atoms with Gasteiger partial charge in [-0.25, -0.2) is 4.99 Å². The minimum absolute atomic E-state index is 0.524. The molecule has 0 amide bonds. The number of aliphatic hydroxyl groups is 1. The third kappa shape index (κ3) is 3.16. The molecule has 23 heavy (non-hydrogen) atoms. The van der Waals surface area contributed by atoms with Gasteiger partial charge in [0.25, 0.3) is 0 Å². The Labute approximate surface area is 140 Å². The van der Waals surface area contributed by atoms with Gasteiger partial charge in [0.1, 0.15) is 0 Å². The van der Waals surface area contributed by atoms with E-state index in [-0.39, 0.29) is 0 Å². The van der Waals surface area contributed by atoms with E-state index in [0.29, 0.717) is 12.3 Å². The van der Waals surface area contributed by atoms with Gasteiger partial charge in [0.05, 0.1) is 17.6 Å². The van der Waals surface area contributed by atoms with Crippen LogP contribution in [0.4, 0.5) is 5.69 Å². The van der Waals surface area contributed by atoms with Crippen LogP contribution in [0.1, 0.15) is 11.1 Å². The number of hydrogen-bond acceptors (Lipinski definition) is 4. The van der Waals surface area contributed by atoms with E-state index in [1.165, 1.54) is 5.56 Å². The van der Waals surface area contributed by atoms with E-state index < -0.39 is 5.72 Å². The average Bonchev–Trinajstić information content (AvgIpc) is 2.87. The van der Waals surface area contributed by atoms with Crippen LogP contribution in [0.3, 0.4) is 0 Å². The first kappa shape index (κ1) is 15.8. The number of pyridine rings is 1. The minimum atomic E-state index is -1.08. The van der Waals surface area contributed by atoms with Gasteiger partial charge in [-0.15, -0.1) is 6.58 Å². The molecule has 0 bridgehead atoms. The predicted molar refractivity (Wildman–Crippen MR) is 95.8 cm³/mol. The lowest BCUT2D eigenvalue weighted by atomic mass is 10.0. The van der Waals surface area contributed by atoms with Gasteiger partial charge < -0.3 is 10.0 Å². The van der Waals surface area contributed by atoms with Gasteiger partial charge in [-0.1, -0.05) is 47.7 Å². The first-order chi connectivity index (χ1) is 11.1. The van der Waals surface area contributed by atoms with Gasteiger partial charge in [-0.3, -0.25) is 4.98 Å². The minimum Gasteiger partial charge on any atom is -0.366 e. The first-order valence-corrected chi connectivity index (χ1v) is 8.41. The lowest BCUT2D eigenvalue weighted by Gasteiger charge is -2.33. The fourth-order valence-corrected chi connectivity index (χ4v) is 3.72. The standard InChI is InChI=1S/C18H19N3OS/c1-3-11-21-17(20-16-5-4-10-19-12-16)23-13-18(21,22)15-8-6-14(2)7-9-15/h3-10,12,22H,1,11,13H2,2H3/t18-/m1/s1. The second kappa shape index (κ2) is 6.56. The zero-order valence-electron chi connectivity index (χ0n) is 13.0. The molecule has 2 heterocycles. The zero-order chi connectivity index (χ0) is 16.3. The number of aliphatic imine (C=N–C) groups is 1. The Morgan fingerprint density at radius 2 is 2.17 bits per heavy atom. The normalized spacial score (nSPS) is 22.5. The summed E-state index contributed by atoms with van der Waals surface area (Å²) in [5, 5.41) is 12.0. The predicted octanol–water partition coefficient (Wildman–Crippen LogP) is 3.46. The van der Waals surface area contributed by atoms with E-state index in [2.05, 4.69) is 16.6 Å². The largest absolute Gasteiger partial charge is 0.366 e. The molecule has 3 rings (SSSR count). The molecular weight excluding hydrogens is 306 g/mol. The molecule has 4 nitrogen and oxygen atoms in total. The van der Waals surface area contributed by atoms with Crippen molar-refractivity contribution in [2.24, 2.45) is 4.99 Å². The highest BCUT2D eigenvalue weighted by atomic mass is 32.2. The Hall–Kier alpha value is -2.11. The molecule has 0 radical (unpaired) electrons. The van der Waals surface area contributed by atoms with Crippen molar-refractivity contribution in [3.63, 3.8) is 0 Å². The van der Waals surface area contributed by atoms with Crippen LogP contribution in [0.2, 0.25) is 0 Å². The number of thioether (sulfide) groups is 1. The number of aryl methyl sites for hydroxylation is 1. The fraction of sp³-hybridized carbons (Fsp3) is 0.222. The maximum atomic E-state index is 11.3. The second-order valence-electron chi connectivity index (χ2n) is 5.48. The third-order valence-corrected chi connectivity index (χ3v) is 4.89. The zero-order valence-corrected chi connectivity index (χ0v) is 13.8. The maximum Gasteiger partial charge on any atom is 0.175 e. The molecule has 1 N–H and O–H groups in total. The highest BCUT2D eigenvalue weighted by Crippen LogP contribution is 2.39. The van der Waals surface area contributed by atoms with Crippen molar-refractivity contribution in [3.8, 4) is 0 Å². The molecular formula is C18H19N3OS. The summed E-state index contributed by atoms with van der Waals surface area (Å²) < 4.78 is 0. The SMILES string of the molecule is C=CCN1C(=Nc2cccnc2)SC[C@@]1(O)c1ccc(C)cc1. The Kier molecular flexibility index (Phi) is 4.50. The average molecular weight is 325 g/mol. The highest BCUT2D eigenvalue weighted by Gasteiger charge is 2.44. The quantitative estimate of drug-likeness (QED) is 0.875. The van der Waals surface area contributed by atoms with Crippen LogP contribution in [0, 0.1) is 6.92 Å². The van der Waals surface area contributed by atoms with Crippen LogP contribution in [-0.4, -0.2) is 32.5 Å². The van der Waals surface area contributed by atoms with Crippen LogP contribution in [0.5, 0.6) is 0 Å². The van der Waals surface area contributed by atoms with E-state index in [9.17, 15) is 5.11 Å². The summed E-state index contributed by atoms with van der Waals surface area (Å²) in [4.78, 5) is 10.6. The van der Waals surface area contributed by atoms with E-state index in [0.717, 1.165) is 16.4 Å². The van der Waals surface area contributed by atoms with E-state index in [4.69, 9.17) is 0 Å². The fourth-order valence-electron chi connectivity index (χ4n) is 2.52. The van der Waals surface area contributed by atoms with Crippen LogP contribution < -0.4 is 0 Å². The summed E-state index contributed by atoms with van der Waals surface area (Å²) in [5.41, 5.74) is 1.74. The number of rotatable bonds is 4. The van der Waals surface area contributed by atoms with Crippen LogP contribution >= 0.6 is 11.8 Å². The summed E-state index contributed by atoms with van der Waals surface area (Å²) in [6, 6.07) is 11.7. The van der Waals surface area contributed by atoms with Crippen LogP contribution in [0.15, 0.2) is 66.4 Å². The molecule has 118 valence electrons. The van der Waals surface area contributed by atoms with Crippen molar-refractivity contribution in [2.45, 2.75) is 12.6 Å². The van der Waals surface area contributed by atoms with Gasteiger partial charge in [-0.05, 0) is 19.1 Å². The number of hydrogen-bond donors (Lipinski definition) is 1. The molecule has 5 heteroatoms. The van der Waals surface area contributed by atoms with Crippen LogP contribution in [0.25, 0.3) is 0 Å². The van der Waals surface area contributed by atoms with Gasteiger partial charge in [0, 0.05) is 18.3 Å². The smallest absolute Gasteiger partial charge is 0.175 e. The Bertz CT molecular complexity index is 715.